The van der Waals surface area contributed by atoms with Crippen molar-refractivity contribution in [1.82, 2.24) is 24.8 Å². The van der Waals surface area contributed by atoms with Gasteiger partial charge in [-0.2, -0.15) is 9.97 Å². The lowest BCUT2D eigenvalue weighted by molar-refractivity contribution is -0.133. The fraction of sp³-hybridized carbons (Fsp3) is 0.333. The monoisotopic (exact) mass is 530 g/mol. The van der Waals surface area contributed by atoms with E-state index in [4.69, 9.17) is 16.3 Å². The Morgan fingerprint density at radius 2 is 2.28 bits per heavy atom. The van der Waals surface area contributed by atoms with Crippen molar-refractivity contribution in [3.05, 3.63) is 45.0 Å². The van der Waals surface area contributed by atoms with E-state index in [1.807, 2.05) is 24.3 Å². The minimum atomic E-state index is -1.38. The molecule has 152 valence electrons. The summed E-state index contributed by atoms with van der Waals surface area (Å²) in [5, 5.41) is 5.68. The van der Waals surface area contributed by atoms with Crippen molar-refractivity contribution in [1.29, 1.82) is 0 Å². The predicted octanol–water partition coefficient (Wildman–Crippen LogP) is 3.07. The second-order valence-corrected chi connectivity index (χ2v) is 8.11. The van der Waals surface area contributed by atoms with Gasteiger partial charge in [-0.25, -0.2) is 9.37 Å². The average Bonchev–Trinajstić information content (AvgIpc) is 3.28. The molecular formula is C18H17ClFIN6O2. The first-order valence-corrected chi connectivity index (χ1v) is 10.3. The average molecular weight is 531 g/mol. The van der Waals surface area contributed by atoms with Gasteiger partial charge in [0, 0.05) is 23.6 Å². The molecule has 1 amide bonds. The molecule has 8 nitrogen and oxygen atoms in total. The summed E-state index contributed by atoms with van der Waals surface area (Å²) in [5.41, 5.74) is 1.84. The molecule has 4 rings (SSSR count). The van der Waals surface area contributed by atoms with Gasteiger partial charge in [0.15, 0.2) is 23.2 Å². The summed E-state index contributed by atoms with van der Waals surface area (Å²) in [6.07, 6.45) is -1.88. The minimum Gasteiger partial charge on any atom is -0.364 e. The van der Waals surface area contributed by atoms with Crippen LogP contribution in [-0.2, 0) is 16.1 Å². The Morgan fingerprint density at radius 3 is 3.03 bits per heavy atom. The molecule has 0 saturated carbocycles. The molecule has 0 spiro atoms. The summed E-state index contributed by atoms with van der Waals surface area (Å²) >= 11 is 8.35. The van der Waals surface area contributed by atoms with Gasteiger partial charge < -0.3 is 15.4 Å². The molecular weight excluding hydrogens is 514 g/mol. The highest BCUT2D eigenvalue weighted by Crippen LogP contribution is 2.34. The summed E-state index contributed by atoms with van der Waals surface area (Å²) in [6, 6.07) is 8.02. The van der Waals surface area contributed by atoms with Crippen LogP contribution in [0, 0.1) is 3.57 Å². The van der Waals surface area contributed by atoms with Crippen LogP contribution in [0.25, 0.3) is 11.2 Å². The van der Waals surface area contributed by atoms with Crippen LogP contribution in [0.1, 0.15) is 18.2 Å². The molecule has 29 heavy (non-hydrogen) atoms. The number of hydrogen-bond acceptors (Lipinski definition) is 6. The number of benzene rings is 1. The molecule has 3 aromatic rings. The number of carbonyl (C=O) groups excluding carboxylic acids is 1. The zero-order valence-electron chi connectivity index (χ0n) is 15.3. The second-order valence-electron chi connectivity index (χ2n) is 6.53. The van der Waals surface area contributed by atoms with Crippen LogP contribution in [0.5, 0.6) is 0 Å². The zero-order chi connectivity index (χ0) is 20.5. The van der Waals surface area contributed by atoms with E-state index >= 15 is 0 Å². The predicted molar refractivity (Wildman–Crippen MR) is 114 cm³/mol. The molecule has 1 aliphatic rings. The standard InChI is InChI=1S/C18H17ClFIN6O2/c1-22-16(28)12-6-11(20)17(29-12)27-8-24-13-14(25-18(19)26-15(13)27)23-7-9-3-2-4-10(21)5-9/h2-5,8,11-12,17H,6-7H2,1H3,(H,22,28)(H,23,25,26)/t11-,12-,17+/m0/s1. The van der Waals surface area contributed by atoms with Crippen LogP contribution in [-0.4, -0.2) is 44.7 Å². The van der Waals surface area contributed by atoms with Crippen LogP contribution in [0.15, 0.2) is 30.6 Å². The summed E-state index contributed by atoms with van der Waals surface area (Å²) in [6.45, 7) is 0.510. The minimum absolute atomic E-state index is 0.000601. The summed E-state index contributed by atoms with van der Waals surface area (Å²) < 4.78 is 22.8. The number of rotatable bonds is 5. The number of fused-ring (bicyclic) bond motifs is 1. The first kappa shape index (κ1) is 20.2. The lowest BCUT2D eigenvalue weighted by Crippen LogP contribution is -2.31. The van der Waals surface area contributed by atoms with Gasteiger partial charge in [-0.1, -0.05) is 12.1 Å². The fourth-order valence-electron chi connectivity index (χ4n) is 3.23. The van der Waals surface area contributed by atoms with E-state index in [1.54, 1.807) is 0 Å². The molecule has 3 heterocycles. The molecule has 0 bridgehead atoms. The van der Waals surface area contributed by atoms with Crippen molar-refractivity contribution in [2.45, 2.75) is 31.5 Å². The van der Waals surface area contributed by atoms with Crippen LogP contribution >= 0.6 is 34.2 Å². The van der Waals surface area contributed by atoms with Gasteiger partial charge >= 0.3 is 0 Å². The van der Waals surface area contributed by atoms with Crippen molar-refractivity contribution in [3.63, 3.8) is 0 Å². The Balaban J connectivity index is 1.62. The maximum Gasteiger partial charge on any atom is 0.249 e. The van der Waals surface area contributed by atoms with E-state index in [0.717, 1.165) is 9.13 Å². The van der Waals surface area contributed by atoms with Gasteiger partial charge in [0.05, 0.1) is 6.33 Å². The van der Waals surface area contributed by atoms with Gasteiger partial charge in [0.2, 0.25) is 11.2 Å². The van der Waals surface area contributed by atoms with Gasteiger partial charge in [-0.3, -0.25) is 9.36 Å². The maximum atomic E-state index is 14.6. The number of hydrogen-bond donors (Lipinski definition) is 2. The number of amides is 1. The Bertz CT molecular complexity index is 1060. The maximum absolute atomic E-state index is 14.6. The molecule has 1 fully saturated rings. The molecule has 2 N–H and O–H groups in total. The van der Waals surface area contributed by atoms with Crippen LogP contribution in [0.2, 0.25) is 5.28 Å². The van der Waals surface area contributed by atoms with Crippen molar-refractivity contribution in [2.24, 2.45) is 0 Å². The van der Waals surface area contributed by atoms with Gasteiger partial charge in [-0.05, 0) is 51.9 Å². The van der Waals surface area contributed by atoms with E-state index in [1.165, 1.54) is 17.9 Å². The lowest BCUT2D eigenvalue weighted by Gasteiger charge is -2.15. The number of carbonyl (C=O) groups is 1. The van der Waals surface area contributed by atoms with Gasteiger partial charge in [0.1, 0.15) is 12.3 Å². The molecule has 2 aromatic heterocycles. The SMILES string of the molecule is CNC(=O)[C@@H]1C[C@H](F)[C@H](n2cnc3c(NCc4cccc(I)c4)nc(Cl)nc32)O1. The topological polar surface area (TPSA) is 94.0 Å². The number of ether oxygens (including phenoxy) is 1. The van der Waals surface area contributed by atoms with Crippen LogP contribution in [0.4, 0.5) is 10.2 Å². The van der Waals surface area contributed by atoms with E-state index < -0.39 is 18.5 Å². The van der Waals surface area contributed by atoms with E-state index in [2.05, 4.69) is 48.2 Å². The number of anilines is 1. The quantitative estimate of drug-likeness (QED) is 0.389. The summed E-state index contributed by atoms with van der Waals surface area (Å²) in [5.74, 6) is 0.0703. The number of nitrogens with zero attached hydrogens (tertiary/aromatic N) is 4. The highest BCUT2D eigenvalue weighted by Gasteiger charge is 2.41. The van der Waals surface area contributed by atoms with Crippen LogP contribution in [0.3, 0.4) is 0 Å². The molecule has 0 unspecified atom stereocenters. The van der Waals surface area contributed by atoms with E-state index in [-0.39, 0.29) is 17.6 Å². The van der Waals surface area contributed by atoms with Crippen LogP contribution < -0.4 is 10.6 Å². The third-order valence-electron chi connectivity index (χ3n) is 4.61. The van der Waals surface area contributed by atoms with Crippen molar-refractivity contribution in [3.8, 4) is 0 Å². The summed E-state index contributed by atoms with van der Waals surface area (Å²) in [4.78, 5) is 24.6. The van der Waals surface area contributed by atoms with E-state index in [0.29, 0.717) is 23.5 Å². The van der Waals surface area contributed by atoms with E-state index in [9.17, 15) is 9.18 Å². The largest absolute Gasteiger partial charge is 0.364 e. The molecule has 0 aliphatic carbocycles. The number of aromatic nitrogens is 4. The fourth-order valence-corrected chi connectivity index (χ4v) is 4.00. The number of imidazole rings is 1. The molecule has 1 saturated heterocycles. The molecule has 3 atom stereocenters. The van der Waals surface area contributed by atoms with Crippen molar-refractivity contribution < 1.29 is 13.9 Å². The Hall–Kier alpha value is -2.05. The smallest absolute Gasteiger partial charge is 0.249 e. The number of halogens is 3. The first-order valence-electron chi connectivity index (χ1n) is 8.85. The first-order chi connectivity index (χ1) is 14.0. The Kier molecular flexibility index (Phi) is 5.83. The highest BCUT2D eigenvalue weighted by atomic mass is 127. The number of nitrogens with one attached hydrogen (secondary N) is 2. The third kappa shape index (κ3) is 4.14. The van der Waals surface area contributed by atoms with Gasteiger partial charge in [0.25, 0.3) is 0 Å². The lowest BCUT2D eigenvalue weighted by atomic mass is 10.2. The Labute approximate surface area is 184 Å². The molecule has 1 aromatic carbocycles. The number of likely N-dealkylation sites (N-methyl/N-ethyl adjacent to an activating group) is 1. The third-order valence-corrected chi connectivity index (χ3v) is 5.45. The normalized spacial score (nSPS) is 21.4. The zero-order valence-corrected chi connectivity index (χ0v) is 18.2. The Morgan fingerprint density at radius 1 is 1.45 bits per heavy atom. The second kappa shape index (κ2) is 8.36. The molecule has 0 radical (unpaired) electrons. The molecule has 1 aliphatic heterocycles. The number of alkyl halides is 1. The highest BCUT2D eigenvalue weighted by molar-refractivity contribution is 14.1. The molecule has 11 heteroatoms. The van der Waals surface area contributed by atoms with Gasteiger partial charge in [-0.15, -0.1) is 0 Å². The van der Waals surface area contributed by atoms with Crippen molar-refractivity contribution >= 4 is 57.1 Å². The van der Waals surface area contributed by atoms with Crippen molar-refractivity contribution in [2.75, 3.05) is 12.4 Å². The summed E-state index contributed by atoms with van der Waals surface area (Å²) in [7, 11) is 1.48.